The molecule has 2 aromatic rings. The number of carbonyl (C=O) groups is 2. The largest absolute Gasteiger partial charge is 0.497 e. The molecular weight excluding hydrogens is 318 g/mol. The van der Waals surface area contributed by atoms with E-state index in [0.717, 1.165) is 24.3 Å². The van der Waals surface area contributed by atoms with E-state index in [2.05, 4.69) is 6.92 Å². The van der Waals surface area contributed by atoms with Gasteiger partial charge in [0.2, 0.25) is 0 Å². The zero-order valence-corrected chi connectivity index (χ0v) is 14.3. The molecule has 5 nitrogen and oxygen atoms in total. The second-order valence-electron chi connectivity index (χ2n) is 6.33. The van der Waals surface area contributed by atoms with Crippen LogP contribution in [0.1, 0.15) is 40.5 Å². The summed E-state index contributed by atoms with van der Waals surface area (Å²) in [5.74, 6) is 0.115. The smallest absolute Gasteiger partial charge is 0.335 e. The maximum absolute atomic E-state index is 13.1. The van der Waals surface area contributed by atoms with E-state index in [9.17, 15) is 9.59 Å². The Hall–Kier alpha value is -2.82. The van der Waals surface area contributed by atoms with Crippen molar-refractivity contribution in [1.82, 2.24) is 0 Å². The number of hydrogen-bond acceptors (Lipinski definition) is 3. The van der Waals surface area contributed by atoms with Gasteiger partial charge in [-0.05, 0) is 74.2 Å². The van der Waals surface area contributed by atoms with Gasteiger partial charge in [0.05, 0.1) is 12.7 Å². The van der Waals surface area contributed by atoms with Gasteiger partial charge >= 0.3 is 5.97 Å². The predicted octanol–water partition coefficient (Wildman–Crippen LogP) is 3.84. The molecule has 0 aromatic heterocycles. The van der Waals surface area contributed by atoms with Crippen LogP contribution in [0, 0.1) is 5.92 Å². The van der Waals surface area contributed by atoms with Crippen LogP contribution < -0.4 is 9.64 Å². The summed E-state index contributed by atoms with van der Waals surface area (Å²) in [6.07, 6.45) is 2.25. The summed E-state index contributed by atoms with van der Waals surface area (Å²) in [4.78, 5) is 25.9. The Balaban J connectivity index is 1.92. The highest BCUT2D eigenvalue weighted by Gasteiger charge is 2.35. The Labute approximate surface area is 146 Å². The summed E-state index contributed by atoms with van der Waals surface area (Å²) in [6.45, 7) is 2.06. The quantitative estimate of drug-likeness (QED) is 0.868. The maximum Gasteiger partial charge on any atom is 0.335 e. The molecule has 1 amide bonds. The molecule has 0 aliphatic heterocycles. The minimum absolute atomic E-state index is 0.0834. The van der Waals surface area contributed by atoms with Crippen molar-refractivity contribution < 1.29 is 19.4 Å². The Morgan fingerprint density at radius 3 is 2.08 bits per heavy atom. The number of anilines is 1. The second kappa shape index (κ2) is 6.97. The van der Waals surface area contributed by atoms with E-state index in [1.807, 2.05) is 24.3 Å². The standard InChI is InChI=1S/C20H21NO4/c1-13(14-3-4-14)21(17-9-11-18(25-2)12-10-17)19(22)15-5-7-16(8-6-15)20(23)24/h5-14H,3-4H2,1-2H3,(H,23,24). The van der Waals surface area contributed by atoms with Crippen LogP contribution in [0.3, 0.4) is 0 Å². The number of aromatic carboxylic acids is 1. The van der Waals surface area contributed by atoms with Gasteiger partial charge in [-0.25, -0.2) is 4.79 Å². The number of hydrogen-bond donors (Lipinski definition) is 1. The van der Waals surface area contributed by atoms with E-state index in [4.69, 9.17) is 9.84 Å². The lowest BCUT2D eigenvalue weighted by atomic mass is 10.1. The van der Waals surface area contributed by atoms with E-state index in [-0.39, 0.29) is 17.5 Å². The number of carbonyl (C=O) groups excluding carboxylic acids is 1. The molecule has 1 N–H and O–H groups in total. The molecule has 1 fully saturated rings. The van der Waals surface area contributed by atoms with Gasteiger partial charge < -0.3 is 14.7 Å². The molecule has 0 spiro atoms. The van der Waals surface area contributed by atoms with Gasteiger partial charge in [0.25, 0.3) is 5.91 Å². The van der Waals surface area contributed by atoms with E-state index in [1.165, 1.54) is 12.1 Å². The molecule has 0 heterocycles. The normalized spacial score (nSPS) is 14.6. The number of benzene rings is 2. The van der Waals surface area contributed by atoms with Crippen LogP contribution >= 0.6 is 0 Å². The highest BCUT2D eigenvalue weighted by molar-refractivity contribution is 6.07. The third kappa shape index (κ3) is 3.65. The topological polar surface area (TPSA) is 66.8 Å². The van der Waals surface area contributed by atoms with Gasteiger partial charge in [0.15, 0.2) is 0 Å². The zero-order chi connectivity index (χ0) is 18.0. The van der Waals surface area contributed by atoms with Gasteiger partial charge in [0.1, 0.15) is 5.75 Å². The maximum atomic E-state index is 13.1. The molecule has 1 saturated carbocycles. The van der Waals surface area contributed by atoms with Crippen molar-refractivity contribution in [3.8, 4) is 5.75 Å². The summed E-state index contributed by atoms with van der Waals surface area (Å²) < 4.78 is 5.19. The monoisotopic (exact) mass is 339 g/mol. The number of amides is 1. The Kier molecular flexibility index (Phi) is 4.74. The first kappa shape index (κ1) is 17.0. The average molecular weight is 339 g/mol. The second-order valence-corrected chi connectivity index (χ2v) is 6.33. The molecule has 130 valence electrons. The molecule has 3 rings (SSSR count). The number of rotatable bonds is 6. The summed E-state index contributed by atoms with van der Waals surface area (Å²) in [5, 5.41) is 9.01. The summed E-state index contributed by atoms with van der Waals surface area (Å²) >= 11 is 0. The number of nitrogens with zero attached hydrogens (tertiary/aromatic N) is 1. The fourth-order valence-electron chi connectivity index (χ4n) is 2.96. The fraction of sp³-hybridized carbons (Fsp3) is 0.300. The van der Waals surface area contributed by atoms with Gasteiger partial charge in [-0.1, -0.05) is 0 Å². The average Bonchev–Trinajstić information content (AvgIpc) is 3.47. The number of ether oxygens (including phenoxy) is 1. The molecule has 0 saturated heterocycles. The first-order valence-electron chi connectivity index (χ1n) is 8.32. The predicted molar refractivity (Wildman–Crippen MR) is 95.4 cm³/mol. The van der Waals surface area contributed by atoms with Gasteiger partial charge in [-0.3, -0.25) is 4.79 Å². The molecular formula is C20H21NO4. The van der Waals surface area contributed by atoms with Crippen molar-refractivity contribution in [3.05, 3.63) is 59.7 Å². The van der Waals surface area contributed by atoms with Crippen molar-refractivity contribution in [2.75, 3.05) is 12.0 Å². The summed E-state index contributed by atoms with van der Waals surface area (Å²) in [7, 11) is 1.61. The number of carboxylic acids is 1. The molecule has 1 atom stereocenters. The molecule has 5 heteroatoms. The van der Waals surface area contributed by atoms with Crippen LogP contribution in [-0.2, 0) is 0 Å². The third-order valence-electron chi connectivity index (χ3n) is 4.66. The first-order chi connectivity index (χ1) is 12.0. The Morgan fingerprint density at radius 2 is 1.60 bits per heavy atom. The van der Waals surface area contributed by atoms with E-state index in [0.29, 0.717) is 11.5 Å². The van der Waals surface area contributed by atoms with Gasteiger partial charge in [0, 0.05) is 17.3 Å². The van der Waals surface area contributed by atoms with Crippen LogP contribution in [0.4, 0.5) is 5.69 Å². The lowest BCUT2D eigenvalue weighted by Gasteiger charge is -2.30. The molecule has 25 heavy (non-hydrogen) atoms. The van der Waals surface area contributed by atoms with Crippen molar-refractivity contribution in [3.63, 3.8) is 0 Å². The molecule has 1 aliphatic carbocycles. The lowest BCUT2D eigenvalue weighted by Crippen LogP contribution is -2.40. The van der Waals surface area contributed by atoms with Gasteiger partial charge in [-0.2, -0.15) is 0 Å². The van der Waals surface area contributed by atoms with Crippen LogP contribution in [-0.4, -0.2) is 30.1 Å². The minimum atomic E-state index is -1.00. The molecule has 1 aliphatic rings. The molecule has 2 aromatic carbocycles. The highest BCUT2D eigenvalue weighted by atomic mass is 16.5. The highest BCUT2D eigenvalue weighted by Crippen LogP contribution is 2.37. The van der Waals surface area contributed by atoms with Crippen molar-refractivity contribution >= 4 is 17.6 Å². The van der Waals surface area contributed by atoms with E-state index < -0.39 is 5.97 Å². The van der Waals surface area contributed by atoms with Crippen LogP contribution in [0.2, 0.25) is 0 Å². The molecule has 0 bridgehead atoms. The van der Waals surface area contributed by atoms with E-state index in [1.54, 1.807) is 24.1 Å². The van der Waals surface area contributed by atoms with Crippen molar-refractivity contribution in [2.45, 2.75) is 25.8 Å². The Morgan fingerprint density at radius 1 is 1.04 bits per heavy atom. The van der Waals surface area contributed by atoms with Crippen molar-refractivity contribution in [1.29, 1.82) is 0 Å². The summed E-state index contributed by atoms with van der Waals surface area (Å²) in [5.41, 5.74) is 1.46. The summed E-state index contributed by atoms with van der Waals surface area (Å²) in [6, 6.07) is 13.6. The van der Waals surface area contributed by atoms with Gasteiger partial charge in [-0.15, -0.1) is 0 Å². The number of carboxylic acid groups (broad SMARTS) is 1. The van der Waals surface area contributed by atoms with Crippen LogP contribution in [0.25, 0.3) is 0 Å². The van der Waals surface area contributed by atoms with Crippen LogP contribution in [0.5, 0.6) is 5.75 Å². The SMILES string of the molecule is COc1ccc(N(C(=O)c2ccc(C(=O)O)cc2)C(C)C2CC2)cc1. The van der Waals surface area contributed by atoms with Crippen LogP contribution in [0.15, 0.2) is 48.5 Å². The first-order valence-corrected chi connectivity index (χ1v) is 8.32. The molecule has 0 radical (unpaired) electrons. The lowest BCUT2D eigenvalue weighted by molar-refractivity contribution is 0.0696. The van der Waals surface area contributed by atoms with Crippen molar-refractivity contribution in [2.24, 2.45) is 5.92 Å². The third-order valence-corrected chi connectivity index (χ3v) is 4.66. The Bertz CT molecular complexity index is 763. The fourth-order valence-corrected chi connectivity index (χ4v) is 2.96. The minimum Gasteiger partial charge on any atom is -0.497 e. The van der Waals surface area contributed by atoms with E-state index >= 15 is 0 Å². The zero-order valence-electron chi connectivity index (χ0n) is 14.3. The molecule has 1 unspecified atom stereocenters. The number of methoxy groups -OCH3 is 1.